The second-order valence-corrected chi connectivity index (χ2v) is 24.6. The fourth-order valence-electron chi connectivity index (χ4n) is 7.49. The molecule has 6 heteroatoms. The van der Waals surface area contributed by atoms with Crippen molar-refractivity contribution in [2.45, 2.75) is 105 Å². The topological polar surface area (TPSA) is 43.2 Å². The van der Waals surface area contributed by atoms with Crippen molar-refractivity contribution in [2.24, 2.45) is 9.98 Å². The van der Waals surface area contributed by atoms with Crippen LogP contribution in [-0.4, -0.2) is 33.6 Å². The summed E-state index contributed by atoms with van der Waals surface area (Å²) < 4.78 is 14.0. The molecule has 0 amide bonds. The van der Waals surface area contributed by atoms with Gasteiger partial charge in [0.05, 0.1) is 0 Å². The monoisotopic (exact) mass is 864 g/mol. The van der Waals surface area contributed by atoms with E-state index in [0.29, 0.717) is 0 Å². The number of aliphatic imine (C=N–C) groups is 2. The van der Waals surface area contributed by atoms with Gasteiger partial charge in [-0.2, -0.15) is 0 Å². The Morgan fingerprint density at radius 1 is 0.464 bits per heavy atom. The van der Waals surface area contributed by atoms with Crippen LogP contribution < -0.4 is 5.71 Å². The van der Waals surface area contributed by atoms with E-state index in [1.165, 1.54) is 11.1 Å². The van der Waals surface area contributed by atoms with Gasteiger partial charge in [0.15, 0.2) is 0 Å². The molecule has 0 N–H and O–H groups in total. The molecule has 0 saturated heterocycles. The summed E-state index contributed by atoms with van der Waals surface area (Å²) in [6, 6.07) is 34.7. The van der Waals surface area contributed by atoms with Crippen LogP contribution in [0.1, 0.15) is 116 Å². The number of nitrogens with zero attached hydrogens (tertiary/aromatic N) is 2. The van der Waals surface area contributed by atoms with Gasteiger partial charge in [0.2, 0.25) is 0 Å². The summed E-state index contributed by atoms with van der Waals surface area (Å²) in [6.45, 7) is 26.9. The van der Waals surface area contributed by atoms with E-state index in [2.05, 4.69) is 180 Å². The molecule has 0 spiro atoms. The molecule has 4 nitrogen and oxygen atoms in total. The molecule has 0 saturated carbocycles. The molecular weight excluding hydrogens is 811 g/mol. The molecule has 1 heterocycles. The van der Waals surface area contributed by atoms with Crippen molar-refractivity contribution in [3.63, 3.8) is 0 Å². The van der Waals surface area contributed by atoms with Gasteiger partial charge in [-0.15, -0.1) is 0 Å². The molecule has 0 radical (unpaired) electrons. The van der Waals surface area contributed by atoms with Crippen LogP contribution in [0.5, 0.6) is 11.5 Å². The van der Waals surface area contributed by atoms with Gasteiger partial charge < -0.3 is 0 Å². The second kappa shape index (κ2) is 14.7. The predicted octanol–water partition coefficient (Wildman–Crippen LogP) is 14.3. The Bertz CT molecular complexity index is 2360. The van der Waals surface area contributed by atoms with Gasteiger partial charge in [0.25, 0.3) is 0 Å². The number of halogens is 1. The molecule has 1 aliphatic heterocycles. The van der Waals surface area contributed by atoms with Gasteiger partial charge in [-0.05, 0) is 0 Å². The fourth-order valence-corrected chi connectivity index (χ4v) is 11.4. The Morgan fingerprint density at radius 2 is 0.839 bits per heavy atom. The molecule has 0 bridgehead atoms. The van der Waals surface area contributed by atoms with Crippen LogP contribution in [0.2, 0.25) is 0 Å². The fraction of sp³-hybridized carbons (Fsp3) is 0.320. The van der Waals surface area contributed by atoms with Crippen molar-refractivity contribution in [3.05, 3.63) is 130 Å². The molecule has 1 aliphatic rings. The molecule has 286 valence electrons. The maximum absolute atomic E-state index is 7.45. The first-order valence-electron chi connectivity index (χ1n) is 19.7. The van der Waals surface area contributed by atoms with Crippen LogP contribution in [0.15, 0.2) is 107 Å². The number of hydrogen-bond acceptors (Lipinski definition) is 4. The average molecular weight is 865 g/mol. The van der Waals surface area contributed by atoms with Crippen molar-refractivity contribution in [1.82, 2.24) is 0 Å². The molecule has 0 unspecified atom stereocenters. The molecule has 6 aromatic carbocycles. The van der Waals surface area contributed by atoms with E-state index in [0.717, 1.165) is 77.8 Å². The summed E-state index contributed by atoms with van der Waals surface area (Å²) >= 11 is -3.84. The van der Waals surface area contributed by atoms with E-state index < -0.39 is 21.1 Å². The SMILES string of the molecule is CC(C)(C)c1cc2c(c(C(C)(C)C)c1)[O][In]([Cl])[O]c1c(cc(C(C)(C)C)cc1C(C)(C)C)C=Nc1ccc3ccccc3c1-c1c(ccc3ccccc13)N=C2. The number of benzene rings is 6. The standard InChI is InChI=1S/C50H56N2O2.ClH.In/c1-47(2,3)35-25-33(45(53)39(27-35)49(7,8)9)29-51-41-23-21-31-17-13-15-19-37(31)43(41)44-38-20-16-14-18-32(38)22-24-42(44)52-30-34-26-36(48(4,5)6)28-40(46(34)54)50(10,11)12;;/h13-30,53-54H,1-12H3;1H;/q;;+3/p-3. The van der Waals surface area contributed by atoms with Crippen LogP contribution >= 0.6 is 8.58 Å². The zero-order valence-corrected chi connectivity index (χ0v) is 39.1. The Balaban J connectivity index is 1.65. The summed E-state index contributed by atoms with van der Waals surface area (Å²) in [5, 5.41) is 4.50. The third-order valence-electron chi connectivity index (χ3n) is 10.8. The van der Waals surface area contributed by atoms with Crippen molar-refractivity contribution >= 4 is 75.1 Å². The Kier molecular flexibility index (Phi) is 10.5. The summed E-state index contributed by atoms with van der Waals surface area (Å²) in [4.78, 5) is 10.7. The molecule has 7 rings (SSSR count). The third-order valence-corrected chi connectivity index (χ3v) is 14.4. The third kappa shape index (κ3) is 8.04. The zero-order valence-electron chi connectivity index (χ0n) is 35.1. The van der Waals surface area contributed by atoms with Gasteiger partial charge in [0.1, 0.15) is 0 Å². The van der Waals surface area contributed by atoms with Gasteiger partial charge in [-0.25, -0.2) is 0 Å². The molecule has 0 aliphatic carbocycles. The minimum atomic E-state index is -3.84. The van der Waals surface area contributed by atoms with Crippen LogP contribution in [0.25, 0.3) is 32.7 Å². The molecular formula is C50H54ClInN2O2. The van der Waals surface area contributed by atoms with E-state index in [9.17, 15) is 0 Å². The Morgan fingerprint density at radius 3 is 1.20 bits per heavy atom. The van der Waals surface area contributed by atoms with Gasteiger partial charge in [0, 0.05) is 0 Å². The maximum atomic E-state index is 7.45. The van der Waals surface area contributed by atoms with E-state index in [1.807, 2.05) is 12.4 Å². The van der Waals surface area contributed by atoms with Crippen LogP contribution in [-0.2, 0) is 21.7 Å². The first-order valence-corrected chi connectivity index (χ1v) is 26.5. The predicted molar refractivity (Wildman–Crippen MR) is 242 cm³/mol. The second-order valence-electron chi connectivity index (χ2n) is 19.3. The van der Waals surface area contributed by atoms with Crippen molar-refractivity contribution in [3.8, 4) is 22.6 Å². The van der Waals surface area contributed by atoms with E-state index in [4.69, 9.17) is 24.3 Å². The summed E-state index contributed by atoms with van der Waals surface area (Å²) in [7, 11) is 7.45. The first-order chi connectivity index (χ1) is 26.2. The number of fused-ring (bicyclic) bond motifs is 9. The molecule has 56 heavy (non-hydrogen) atoms. The van der Waals surface area contributed by atoms with Crippen molar-refractivity contribution in [1.29, 1.82) is 0 Å². The van der Waals surface area contributed by atoms with Gasteiger partial charge in [-0.1, -0.05) is 0 Å². The zero-order chi connectivity index (χ0) is 40.4. The average Bonchev–Trinajstić information content (AvgIpc) is 3.11. The molecule has 0 atom stereocenters. The quantitative estimate of drug-likeness (QED) is 0.153. The Labute approximate surface area is 346 Å². The minimum absolute atomic E-state index is 0.116. The van der Waals surface area contributed by atoms with E-state index in [1.54, 1.807) is 0 Å². The normalized spacial score (nSPS) is 13.9. The van der Waals surface area contributed by atoms with Gasteiger partial charge in [-0.3, -0.25) is 0 Å². The van der Waals surface area contributed by atoms with Crippen molar-refractivity contribution in [2.75, 3.05) is 0 Å². The van der Waals surface area contributed by atoms with Crippen LogP contribution in [0.3, 0.4) is 0 Å². The summed E-state index contributed by atoms with van der Waals surface area (Å²) in [6.07, 6.45) is 3.95. The molecule has 0 fully saturated rings. The van der Waals surface area contributed by atoms with Crippen LogP contribution in [0, 0.1) is 0 Å². The molecule has 6 aromatic rings. The molecule has 0 aromatic heterocycles. The van der Waals surface area contributed by atoms with Crippen molar-refractivity contribution < 1.29 is 5.71 Å². The number of rotatable bonds is 0. The van der Waals surface area contributed by atoms with E-state index >= 15 is 0 Å². The summed E-state index contributed by atoms with van der Waals surface area (Å²) in [5.74, 6) is 1.49. The van der Waals surface area contributed by atoms with Crippen LogP contribution in [0.4, 0.5) is 11.4 Å². The Hall–Kier alpha value is -4.06. The summed E-state index contributed by atoms with van der Waals surface area (Å²) in [5.41, 5.74) is 9.38. The van der Waals surface area contributed by atoms with Gasteiger partial charge >= 0.3 is 349 Å². The van der Waals surface area contributed by atoms with E-state index in [-0.39, 0.29) is 21.7 Å². The first kappa shape index (κ1) is 40.1. The number of hydrogen-bond donors (Lipinski definition) is 0.